The highest BCUT2D eigenvalue weighted by atomic mass is 16.2. The molecule has 0 aliphatic carbocycles. The van der Waals surface area contributed by atoms with Gasteiger partial charge in [0.05, 0.1) is 12.1 Å². The molecule has 0 aliphatic rings. The molecule has 1 amide bonds. The molecule has 1 aromatic heterocycles. The molecule has 0 aromatic carbocycles. The molecule has 0 radical (unpaired) electrons. The lowest BCUT2D eigenvalue weighted by Crippen LogP contribution is -2.53. The summed E-state index contributed by atoms with van der Waals surface area (Å²) in [6.45, 7) is 4.33. The summed E-state index contributed by atoms with van der Waals surface area (Å²) in [6.07, 6.45) is 4.70. The third-order valence-electron chi connectivity index (χ3n) is 2.98. The molecule has 1 aromatic rings. The number of hydrogen-bond donors (Lipinski definition) is 2. The van der Waals surface area contributed by atoms with Crippen molar-refractivity contribution in [1.82, 2.24) is 14.9 Å². The first-order valence-corrected chi connectivity index (χ1v) is 5.56. The Morgan fingerprint density at radius 2 is 2.19 bits per heavy atom. The van der Waals surface area contributed by atoms with E-state index < -0.39 is 5.54 Å². The molecule has 0 fully saturated rings. The number of amides is 1. The summed E-state index contributed by atoms with van der Waals surface area (Å²) in [4.78, 5) is 20.8. The van der Waals surface area contributed by atoms with Gasteiger partial charge in [-0.15, -0.1) is 0 Å². The van der Waals surface area contributed by atoms with Crippen LogP contribution in [0.5, 0.6) is 0 Å². The fourth-order valence-electron chi connectivity index (χ4n) is 1.61. The summed E-state index contributed by atoms with van der Waals surface area (Å²) in [7, 11) is 1.75. The number of hydrogen-bond acceptors (Lipinski definition) is 3. The summed E-state index contributed by atoms with van der Waals surface area (Å²) < 4.78 is 0. The minimum Gasteiger partial charge on any atom is -0.347 e. The molecule has 1 heterocycles. The molecule has 90 valence electrons. The second-order valence-corrected chi connectivity index (χ2v) is 4.06. The van der Waals surface area contributed by atoms with Crippen molar-refractivity contribution >= 4 is 5.91 Å². The number of carbonyl (C=O) groups excluding carboxylic acids is 1. The third-order valence-corrected chi connectivity index (χ3v) is 2.98. The van der Waals surface area contributed by atoms with E-state index in [-0.39, 0.29) is 5.91 Å². The molecular formula is C11H20N4O. The van der Waals surface area contributed by atoms with Gasteiger partial charge in [0.15, 0.2) is 0 Å². The summed E-state index contributed by atoms with van der Waals surface area (Å²) in [5, 5.41) is 0. The van der Waals surface area contributed by atoms with Crippen molar-refractivity contribution < 1.29 is 4.79 Å². The van der Waals surface area contributed by atoms with Crippen molar-refractivity contribution in [2.75, 3.05) is 7.05 Å². The SMILES string of the molecule is CCC(N)(CC)C(=O)N(C)Cc1ncc[nH]1. The summed E-state index contributed by atoms with van der Waals surface area (Å²) in [6, 6.07) is 0. The lowest BCUT2D eigenvalue weighted by Gasteiger charge is -2.30. The fraction of sp³-hybridized carbons (Fsp3) is 0.636. The predicted molar refractivity (Wildman–Crippen MR) is 62.6 cm³/mol. The number of likely N-dealkylation sites (N-methyl/N-ethyl adjacent to an activating group) is 1. The van der Waals surface area contributed by atoms with Gasteiger partial charge in [0.2, 0.25) is 5.91 Å². The van der Waals surface area contributed by atoms with Crippen LogP contribution in [-0.2, 0) is 11.3 Å². The van der Waals surface area contributed by atoms with Crippen LogP contribution in [0.1, 0.15) is 32.5 Å². The van der Waals surface area contributed by atoms with E-state index in [1.54, 1.807) is 24.3 Å². The largest absolute Gasteiger partial charge is 0.347 e. The van der Waals surface area contributed by atoms with E-state index >= 15 is 0 Å². The lowest BCUT2D eigenvalue weighted by molar-refractivity contribution is -0.136. The van der Waals surface area contributed by atoms with Crippen LogP contribution >= 0.6 is 0 Å². The van der Waals surface area contributed by atoms with E-state index in [1.807, 2.05) is 13.8 Å². The Kier molecular flexibility index (Phi) is 4.06. The molecule has 1 rings (SSSR count). The van der Waals surface area contributed by atoms with Crippen molar-refractivity contribution in [1.29, 1.82) is 0 Å². The molecule has 0 aliphatic heterocycles. The molecule has 0 saturated heterocycles. The van der Waals surface area contributed by atoms with Crippen LogP contribution in [0.3, 0.4) is 0 Å². The van der Waals surface area contributed by atoms with Crippen molar-refractivity contribution in [3.8, 4) is 0 Å². The number of carbonyl (C=O) groups is 1. The van der Waals surface area contributed by atoms with Crippen LogP contribution in [0.4, 0.5) is 0 Å². The number of rotatable bonds is 5. The van der Waals surface area contributed by atoms with Gasteiger partial charge in [-0.05, 0) is 12.8 Å². The topological polar surface area (TPSA) is 75.0 Å². The standard InChI is InChI=1S/C11H20N4O/c1-4-11(12,5-2)10(16)15(3)8-9-13-6-7-14-9/h6-7H,4-5,8,12H2,1-3H3,(H,13,14). The first kappa shape index (κ1) is 12.7. The summed E-state index contributed by atoms with van der Waals surface area (Å²) in [5.41, 5.74) is 5.30. The molecule has 0 unspecified atom stereocenters. The third kappa shape index (κ3) is 2.61. The first-order chi connectivity index (χ1) is 7.53. The summed E-state index contributed by atoms with van der Waals surface area (Å²) >= 11 is 0. The van der Waals surface area contributed by atoms with E-state index in [1.165, 1.54) is 0 Å². The second kappa shape index (κ2) is 5.12. The minimum atomic E-state index is -0.749. The number of H-pyrrole nitrogens is 1. The number of imidazole rings is 1. The average Bonchev–Trinajstić information content (AvgIpc) is 2.79. The van der Waals surface area contributed by atoms with Crippen molar-refractivity contribution in [3.05, 3.63) is 18.2 Å². The molecule has 3 N–H and O–H groups in total. The zero-order chi connectivity index (χ0) is 12.2. The average molecular weight is 224 g/mol. The normalized spacial score (nSPS) is 11.5. The number of nitrogens with two attached hydrogens (primary N) is 1. The number of aromatic amines is 1. The van der Waals surface area contributed by atoms with Gasteiger partial charge in [-0.3, -0.25) is 4.79 Å². The van der Waals surface area contributed by atoms with Crippen molar-refractivity contribution in [2.45, 2.75) is 38.8 Å². The van der Waals surface area contributed by atoms with Crippen molar-refractivity contribution in [2.24, 2.45) is 5.73 Å². The maximum Gasteiger partial charge on any atom is 0.242 e. The van der Waals surface area contributed by atoms with Crippen molar-refractivity contribution in [3.63, 3.8) is 0 Å². The van der Waals surface area contributed by atoms with Crippen LogP contribution < -0.4 is 5.73 Å². The quantitative estimate of drug-likeness (QED) is 0.779. The Hall–Kier alpha value is -1.36. The molecule has 0 atom stereocenters. The van der Waals surface area contributed by atoms with E-state index in [0.29, 0.717) is 19.4 Å². The highest BCUT2D eigenvalue weighted by molar-refractivity contribution is 5.85. The van der Waals surface area contributed by atoms with E-state index in [9.17, 15) is 4.79 Å². The maximum atomic E-state index is 12.1. The molecule has 0 saturated carbocycles. The van der Waals surface area contributed by atoms with E-state index in [0.717, 1.165) is 5.82 Å². The van der Waals surface area contributed by atoms with Gasteiger partial charge in [-0.1, -0.05) is 13.8 Å². The Labute approximate surface area is 96.0 Å². The van der Waals surface area contributed by atoms with Gasteiger partial charge in [-0.25, -0.2) is 4.98 Å². The Morgan fingerprint density at radius 3 is 2.62 bits per heavy atom. The van der Waals surface area contributed by atoms with E-state index in [2.05, 4.69) is 9.97 Å². The molecule has 16 heavy (non-hydrogen) atoms. The van der Waals surface area contributed by atoms with Gasteiger partial charge in [-0.2, -0.15) is 0 Å². The predicted octanol–water partition coefficient (Wildman–Crippen LogP) is 0.886. The van der Waals surface area contributed by atoms with Crippen LogP contribution in [-0.4, -0.2) is 33.4 Å². The number of aromatic nitrogens is 2. The monoisotopic (exact) mass is 224 g/mol. The minimum absolute atomic E-state index is 0.0334. The first-order valence-electron chi connectivity index (χ1n) is 5.56. The van der Waals surface area contributed by atoms with Gasteiger partial charge in [0.1, 0.15) is 5.82 Å². The van der Waals surface area contributed by atoms with Gasteiger partial charge < -0.3 is 15.6 Å². The Morgan fingerprint density at radius 1 is 1.56 bits per heavy atom. The van der Waals surface area contributed by atoms with E-state index in [4.69, 9.17) is 5.73 Å². The number of nitrogens with one attached hydrogen (secondary N) is 1. The lowest BCUT2D eigenvalue weighted by atomic mass is 9.92. The highest BCUT2D eigenvalue weighted by Gasteiger charge is 2.32. The Balaban J connectivity index is 2.67. The maximum absolute atomic E-state index is 12.1. The molecule has 0 bridgehead atoms. The van der Waals surface area contributed by atoms with Crippen LogP contribution in [0.2, 0.25) is 0 Å². The molecular weight excluding hydrogens is 204 g/mol. The van der Waals surface area contributed by atoms with Crippen LogP contribution in [0.25, 0.3) is 0 Å². The fourth-order valence-corrected chi connectivity index (χ4v) is 1.61. The van der Waals surface area contributed by atoms with Crippen LogP contribution in [0.15, 0.2) is 12.4 Å². The molecule has 5 nitrogen and oxygen atoms in total. The van der Waals surface area contributed by atoms with Gasteiger partial charge in [0, 0.05) is 19.4 Å². The zero-order valence-corrected chi connectivity index (χ0v) is 10.2. The van der Waals surface area contributed by atoms with Gasteiger partial charge >= 0.3 is 0 Å². The zero-order valence-electron chi connectivity index (χ0n) is 10.2. The molecule has 5 heteroatoms. The van der Waals surface area contributed by atoms with Gasteiger partial charge in [0.25, 0.3) is 0 Å². The van der Waals surface area contributed by atoms with Crippen LogP contribution in [0, 0.1) is 0 Å². The number of nitrogens with zero attached hydrogens (tertiary/aromatic N) is 2. The Bertz CT molecular complexity index is 330. The highest BCUT2D eigenvalue weighted by Crippen LogP contribution is 2.15. The summed E-state index contributed by atoms with van der Waals surface area (Å²) in [5.74, 6) is 0.735. The second-order valence-electron chi connectivity index (χ2n) is 4.06. The smallest absolute Gasteiger partial charge is 0.242 e. The molecule has 0 spiro atoms.